The summed E-state index contributed by atoms with van der Waals surface area (Å²) >= 11 is 0. The molecule has 0 saturated carbocycles. The Morgan fingerprint density at radius 1 is 0.956 bits per heavy atom. The Morgan fingerprint density at radius 3 is 2.44 bits per heavy atom. The lowest BCUT2D eigenvalue weighted by atomic mass is 10.0. The molecule has 45 heavy (non-hydrogen) atoms. The molecule has 0 spiro atoms. The van der Waals surface area contributed by atoms with Gasteiger partial charge in [-0.15, -0.1) is 0 Å². The number of aliphatic hydroxyl groups excluding tert-OH is 1. The molecule has 0 saturated heterocycles. The Bertz CT molecular complexity index is 1660. The number of carbonyl (C=O) groups is 3. The van der Waals surface area contributed by atoms with Crippen molar-refractivity contribution in [2.45, 2.75) is 32.4 Å². The van der Waals surface area contributed by atoms with Gasteiger partial charge in [0.1, 0.15) is 11.9 Å². The molecule has 5 amide bonds. The van der Waals surface area contributed by atoms with Crippen molar-refractivity contribution in [2.24, 2.45) is 5.92 Å². The first kappa shape index (κ1) is 31.3. The Balaban J connectivity index is 1.36. The molecule has 0 fully saturated rings. The van der Waals surface area contributed by atoms with Crippen LogP contribution in [-0.2, 0) is 11.2 Å². The number of aliphatic hydroxyl groups is 1. The van der Waals surface area contributed by atoms with E-state index in [1.54, 1.807) is 54.1 Å². The number of nitrogens with one attached hydrogen (secondary N) is 3. The zero-order valence-electron chi connectivity index (χ0n) is 25.7. The van der Waals surface area contributed by atoms with Gasteiger partial charge in [0.05, 0.1) is 31.3 Å². The number of hydrogen-bond acceptors (Lipinski definition) is 5. The van der Waals surface area contributed by atoms with Crippen LogP contribution in [-0.4, -0.2) is 71.8 Å². The van der Waals surface area contributed by atoms with Crippen molar-refractivity contribution < 1.29 is 24.2 Å². The van der Waals surface area contributed by atoms with Gasteiger partial charge in [0.15, 0.2) is 0 Å². The first-order chi connectivity index (χ1) is 21.7. The zero-order chi connectivity index (χ0) is 31.9. The van der Waals surface area contributed by atoms with Crippen molar-refractivity contribution in [3.63, 3.8) is 0 Å². The molecule has 4 aromatic rings. The fraction of sp³-hybridized carbons (Fsp3) is 0.286. The van der Waals surface area contributed by atoms with Crippen LogP contribution in [0.25, 0.3) is 10.8 Å². The predicted molar refractivity (Wildman–Crippen MR) is 177 cm³/mol. The SMILES string of the molecule is C[C@@H]1CN([C@@H](C)CO)C(=O)Cc2cc(NC(=O)Nc3ccccc3)ccc2O[C@@H]1CN(C)C(=O)Nc1cccc2ccccc12. The number of carbonyl (C=O) groups excluding carboxylic acids is 3. The maximum Gasteiger partial charge on any atom is 0.323 e. The number of ether oxygens (including phenoxy) is 1. The van der Waals surface area contributed by atoms with Crippen LogP contribution in [0.4, 0.5) is 26.7 Å². The van der Waals surface area contributed by atoms with Gasteiger partial charge in [-0.2, -0.15) is 0 Å². The van der Waals surface area contributed by atoms with Gasteiger partial charge in [0.2, 0.25) is 5.91 Å². The lowest BCUT2D eigenvalue weighted by Crippen LogP contribution is -2.48. The van der Waals surface area contributed by atoms with Gasteiger partial charge in [-0.3, -0.25) is 4.79 Å². The van der Waals surface area contributed by atoms with Crippen LogP contribution in [0.2, 0.25) is 0 Å². The average Bonchev–Trinajstić information content (AvgIpc) is 3.08. The van der Waals surface area contributed by atoms with Gasteiger partial charge in [-0.1, -0.05) is 61.5 Å². The Labute approximate surface area is 263 Å². The van der Waals surface area contributed by atoms with E-state index in [0.717, 1.165) is 10.8 Å². The number of likely N-dealkylation sites (N-methyl/N-ethyl adjacent to an activating group) is 1. The monoisotopic (exact) mass is 609 g/mol. The molecule has 3 atom stereocenters. The van der Waals surface area contributed by atoms with E-state index in [0.29, 0.717) is 34.9 Å². The fourth-order valence-electron chi connectivity index (χ4n) is 5.44. The van der Waals surface area contributed by atoms with Crippen molar-refractivity contribution in [3.8, 4) is 5.75 Å². The first-order valence-corrected chi connectivity index (χ1v) is 15.0. The summed E-state index contributed by atoms with van der Waals surface area (Å²) in [7, 11) is 1.71. The molecule has 0 aliphatic carbocycles. The zero-order valence-corrected chi connectivity index (χ0v) is 25.7. The molecule has 1 aliphatic heterocycles. The number of para-hydroxylation sites is 1. The quantitative estimate of drug-likeness (QED) is 0.211. The minimum atomic E-state index is -0.480. The van der Waals surface area contributed by atoms with E-state index in [9.17, 15) is 19.5 Å². The van der Waals surface area contributed by atoms with Crippen LogP contribution < -0.4 is 20.7 Å². The molecule has 10 heteroatoms. The lowest BCUT2D eigenvalue weighted by Gasteiger charge is -2.34. The van der Waals surface area contributed by atoms with Crippen molar-refractivity contribution in [1.82, 2.24) is 9.80 Å². The highest BCUT2D eigenvalue weighted by atomic mass is 16.5. The third kappa shape index (κ3) is 7.71. The van der Waals surface area contributed by atoms with Gasteiger partial charge in [0, 0.05) is 41.8 Å². The fourth-order valence-corrected chi connectivity index (χ4v) is 5.44. The number of fused-ring (bicyclic) bond motifs is 2. The van der Waals surface area contributed by atoms with E-state index < -0.39 is 18.2 Å². The van der Waals surface area contributed by atoms with E-state index >= 15 is 0 Å². The van der Waals surface area contributed by atoms with E-state index in [4.69, 9.17) is 4.74 Å². The van der Waals surface area contributed by atoms with Crippen molar-refractivity contribution in [2.75, 3.05) is 42.7 Å². The Morgan fingerprint density at radius 2 is 1.67 bits per heavy atom. The molecule has 234 valence electrons. The Kier molecular flexibility index (Phi) is 9.84. The van der Waals surface area contributed by atoms with E-state index in [1.807, 2.05) is 67.6 Å². The molecule has 0 unspecified atom stereocenters. The highest BCUT2D eigenvalue weighted by Crippen LogP contribution is 2.30. The maximum atomic E-state index is 13.5. The summed E-state index contributed by atoms with van der Waals surface area (Å²) in [6.45, 7) is 4.16. The smallest absolute Gasteiger partial charge is 0.323 e. The van der Waals surface area contributed by atoms with Crippen molar-refractivity contribution in [3.05, 3.63) is 96.6 Å². The molecule has 4 N–H and O–H groups in total. The van der Waals surface area contributed by atoms with Gasteiger partial charge in [-0.05, 0) is 48.7 Å². The second-order valence-corrected chi connectivity index (χ2v) is 11.5. The van der Waals surface area contributed by atoms with Crippen LogP contribution in [0.1, 0.15) is 19.4 Å². The van der Waals surface area contributed by atoms with Crippen LogP contribution in [0.15, 0.2) is 91.0 Å². The summed E-state index contributed by atoms with van der Waals surface area (Å²) in [5.41, 5.74) is 2.45. The third-order valence-electron chi connectivity index (χ3n) is 8.04. The van der Waals surface area contributed by atoms with Gasteiger partial charge in [-0.25, -0.2) is 9.59 Å². The topological polar surface area (TPSA) is 123 Å². The molecule has 0 aromatic heterocycles. The second-order valence-electron chi connectivity index (χ2n) is 11.5. The number of urea groups is 2. The van der Waals surface area contributed by atoms with Gasteiger partial charge < -0.3 is 35.6 Å². The summed E-state index contributed by atoms with van der Waals surface area (Å²) in [5.74, 6) is 0.147. The lowest BCUT2D eigenvalue weighted by molar-refractivity contribution is -0.134. The number of anilines is 3. The van der Waals surface area contributed by atoms with Crippen LogP contribution in [0.3, 0.4) is 0 Å². The molecule has 10 nitrogen and oxygen atoms in total. The van der Waals surface area contributed by atoms with E-state index in [2.05, 4.69) is 16.0 Å². The van der Waals surface area contributed by atoms with Crippen LogP contribution in [0.5, 0.6) is 5.75 Å². The minimum absolute atomic E-state index is 0.0202. The minimum Gasteiger partial charge on any atom is -0.488 e. The van der Waals surface area contributed by atoms with Crippen molar-refractivity contribution in [1.29, 1.82) is 0 Å². The molecular formula is C35H39N5O5. The summed E-state index contributed by atoms with van der Waals surface area (Å²) in [5, 5.41) is 20.5. The summed E-state index contributed by atoms with van der Waals surface area (Å²) in [6.07, 6.45) is -0.460. The number of hydrogen-bond donors (Lipinski definition) is 4. The van der Waals surface area contributed by atoms with Crippen LogP contribution >= 0.6 is 0 Å². The molecule has 5 rings (SSSR count). The van der Waals surface area contributed by atoms with Crippen molar-refractivity contribution >= 4 is 45.8 Å². The predicted octanol–water partition coefficient (Wildman–Crippen LogP) is 5.80. The molecular weight excluding hydrogens is 570 g/mol. The number of rotatable bonds is 7. The maximum absolute atomic E-state index is 13.5. The normalized spacial score (nSPS) is 17.2. The van der Waals surface area contributed by atoms with E-state index in [-0.39, 0.29) is 37.4 Å². The molecule has 0 radical (unpaired) electrons. The average molecular weight is 610 g/mol. The first-order valence-electron chi connectivity index (χ1n) is 15.0. The number of benzene rings is 4. The van der Waals surface area contributed by atoms with Gasteiger partial charge in [0.25, 0.3) is 0 Å². The number of amides is 5. The van der Waals surface area contributed by atoms with Gasteiger partial charge >= 0.3 is 12.1 Å². The highest BCUT2D eigenvalue weighted by Gasteiger charge is 2.32. The number of nitrogens with zero attached hydrogens (tertiary/aromatic N) is 2. The highest BCUT2D eigenvalue weighted by molar-refractivity contribution is 6.01. The molecule has 0 bridgehead atoms. The summed E-state index contributed by atoms with van der Waals surface area (Å²) < 4.78 is 6.54. The summed E-state index contributed by atoms with van der Waals surface area (Å²) in [4.78, 5) is 42.8. The molecule has 1 heterocycles. The Hall–Kier alpha value is -5.09. The largest absolute Gasteiger partial charge is 0.488 e. The third-order valence-corrected chi connectivity index (χ3v) is 8.04. The second kappa shape index (κ2) is 14.1. The van der Waals surface area contributed by atoms with Crippen LogP contribution in [0, 0.1) is 5.92 Å². The molecule has 1 aliphatic rings. The summed E-state index contributed by atoms with van der Waals surface area (Å²) in [6, 6.07) is 26.8. The molecule has 4 aromatic carbocycles. The standard InChI is InChI=1S/C35H39N5O5/c1-23-20-40(24(2)22-41)33(42)19-26-18-28(37-34(43)36-27-12-5-4-6-13-27)16-17-31(26)45-32(23)21-39(3)35(44)38-30-15-9-11-25-10-7-8-14-29(25)30/h4-18,23-24,32,41H,19-22H2,1-3H3,(H,38,44)(H2,36,37,43)/t23-,24+,32-/m1/s1. The van der Waals surface area contributed by atoms with E-state index in [1.165, 1.54) is 0 Å².